The van der Waals surface area contributed by atoms with Gasteiger partial charge in [-0.3, -0.25) is 4.79 Å². The average molecular weight is 410 g/mol. The lowest BCUT2D eigenvalue weighted by atomic mass is 9.89. The van der Waals surface area contributed by atoms with Gasteiger partial charge in [-0.05, 0) is 40.8 Å². The Morgan fingerprint density at radius 2 is 1.65 bits per heavy atom. The topological polar surface area (TPSA) is 38.3 Å². The van der Waals surface area contributed by atoms with Crippen molar-refractivity contribution in [2.45, 2.75) is 38.1 Å². The van der Waals surface area contributed by atoms with Crippen LogP contribution in [0.2, 0.25) is 0 Å². The fourth-order valence-electron chi connectivity index (χ4n) is 4.77. The first-order chi connectivity index (χ1) is 15.2. The molecule has 31 heavy (non-hydrogen) atoms. The van der Waals surface area contributed by atoms with Crippen LogP contribution in [0.1, 0.15) is 48.0 Å². The number of ether oxygens (including phenoxy) is 1. The molecule has 3 aromatic rings. The first-order valence-corrected chi connectivity index (χ1v) is 11.2. The van der Waals surface area contributed by atoms with Crippen molar-refractivity contribution in [3.05, 3.63) is 95.6 Å². The lowest BCUT2D eigenvalue weighted by Crippen LogP contribution is -2.31. The van der Waals surface area contributed by atoms with Crippen LogP contribution in [-0.4, -0.2) is 18.4 Å². The van der Waals surface area contributed by atoms with Crippen LogP contribution in [-0.2, 0) is 0 Å². The smallest absolute Gasteiger partial charge is 0.199 e. The Labute approximate surface area is 183 Å². The van der Waals surface area contributed by atoms with Gasteiger partial charge in [0.05, 0.1) is 16.8 Å². The molecule has 3 nitrogen and oxygen atoms in total. The normalized spacial score (nSPS) is 18.8. The van der Waals surface area contributed by atoms with Crippen LogP contribution < -0.4 is 10.1 Å². The monoisotopic (exact) mass is 409 g/mol. The quantitative estimate of drug-likeness (QED) is 0.516. The van der Waals surface area contributed by atoms with Crippen LogP contribution in [0.15, 0.2) is 84.5 Å². The molecular weight excluding hydrogens is 382 g/mol. The number of nitrogens with one attached hydrogen (secondary N) is 1. The summed E-state index contributed by atoms with van der Waals surface area (Å²) in [5.74, 6) is 0.612. The molecule has 156 valence electrons. The van der Waals surface area contributed by atoms with Gasteiger partial charge in [0.15, 0.2) is 5.78 Å². The summed E-state index contributed by atoms with van der Waals surface area (Å²) in [5.41, 5.74) is 3.89. The van der Waals surface area contributed by atoms with E-state index in [0.29, 0.717) is 35.1 Å². The zero-order valence-corrected chi connectivity index (χ0v) is 17.7. The third kappa shape index (κ3) is 3.76. The molecule has 5 rings (SSSR count). The van der Waals surface area contributed by atoms with Gasteiger partial charge in [-0.1, -0.05) is 86.5 Å². The number of fused-ring (bicyclic) bond motifs is 3. The second-order valence-corrected chi connectivity index (χ2v) is 8.48. The summed E-state index contributed by atoms with van der Waals surface area (Å²) < 4.78 is 6.06. The van der Waals surface area contributed by atoms with Crippen molar-refractivity contribution in [3.8, 4) is 5.75 Å². The van der Waals surface area contributed by atoms with E-state index in [1.807, 2.05) is 54.6 Å². The maximum Gasteiger partial charge on any atom is 0.199 e. The highest BCUT2D eigenvalue weighted by Gasteiger charge is 2.30. The Morgan fingerprint density at radius 1 is 0.903 bits per heavy atom. The summed E-state index contributed by atoms with van der Waals surface area (Å²) in [5, 5.41) is 5.70. The molecule has 2 aliphatic rings. The van der Waals surface area contributed by atoms with Crippen LogP contribution in [0.3, 0.4) is 0 Å². The van der Waals surface area contributed by atoms with Gasteiger partial charge in [-0.15, -0.1) is 0 Å². The van der Waals surface area contributed by atoms with Crippen molar-refractivity contribution in [3.63, 3.8) is 0 Å². The van der Waals surface area contributed by atoms with Gasteiger partial charge in [0.2, 0.25) is 0 Å². The van der Waals surface area contributed by atoms with Crippen molar-refractivity contribution in [2.24, 2.45) is 0 Å². The molecule has 0 aromatic heterocycles. The molecular formula is C28H27NO2. The first kappa shape index (κ1) is 19.6. The van der Waals surface area contributed by atoms with Crippen LogP contribution in [0.4, 0.5) is 0 Å². The molecule has 1 aliphatic carbocycles. The van der Waals surface area contributed by atoms with Crippen LogP contribution in [0.5, 0.6) is 5.75 Å². The number of hydrogen-bond donors (Lipinski definition) is 1. The number of hydrogen-bond acceptors (Lipinski definition) is 3. The van der Waals surface area contributed by atoms with E-state index >= 15 is 0 Å². The Hall–Kier alpha value is -3.33. The average Bonchev–Trinajstić information content (AvgIpc) is 2.95. The van der Waals surface area contributed by atoms with Crippen molar-refractivity contribution < 1.29 is 9.53 Å². The van der Waals surface area contributed by atoms with E-state index in [4.69, 9.17) is 4.74 Å². The molecule has 1 heterocycles. The fourth-order valence-corrected chi connectivity index (χ4v) is 4.77. The number of carbonyl (C=O) groups is 1. The molecule has 3 heteroatoms. The van der Waals surface area contributed by atoms with Gasteiger partial charge in [0.1, 0.15) is 12.4 Å². The summed E-state index contributed by atoms with van der Waals surface area (Å²) in [7, 11) is 0. The largest absolute Gasteiger partial charge is 0.488 e. The van der Waals surface area contributed by atoms with E-state index in [0.717, 1.165) is 34.9 Å². The number of carbonyl (C=O) groups excluding carboxylic acids is 1. The first-order valence-electron chi connectivity index (χ1n) is 11.2. The van der Waals surface area contributed by atoms with E-state index in [9.17, 15) is 4.79 Å². The molecule has 1 saturated carbocycles. The fraction of sp³-hybridized carbons (Fsp3) is 0.250. The van der Waals surface area contributed by atoms with Crippen LogP contribution in [0, 0.1) is 0 Å². The SMILES string of the molecule is C=C1COc2ccc3ccccc3c2C(=O)/C1=C(\NC1CCCCC1)c1ccccc1. The standard InChI is InChI=1S/C28H27NO2/c1-19-18-31-24-17-16-20-10-8-9-15-23(20)26(24)28(30)25(19)27(21-11-4-2-5-12-21)29-22-13-6-3-7-14-22/h2,4-5,8-12,15-17,22,29H,1,3,6-7,13-14,18H2/b27-25-. The summed E-state index contributed by atoms with van der Waals surface area (Å²) in [6, 6.07) is 22.4. The van der Waals surface area contributed by atoms with Gasteiger partial charge in [0.25, 0.3) is 0 Å². The summed E-state index contributed by atoms with van der Waals surface area (Å²) in [6.45, 7) is 4.57. The highest BCUT2D eigenvalue weighted by molar-refractivity contribution is 6.23. The second kappa shape index (κ2) is 8.43. The summed E-state index contributed by atoms with van der Waals surface area (Å²) in [4.78, 5) is 14.1. The second-order valence-electron chi connectivity index (χ2n) is 8.48. The van der Waals surface area contributed by atoms with Gasteiger partial charge in [-0.2, -0.15) is 0 Å². The molecule has 3 aromatic carbocycles. The molecule has 1 N–H and O–H groups in total. The zero-order chi connectivity index (χ0) is 21.2. The Balaban J connectivity index is 1.71. The number of rotatable bonds is 3. The Kier molecular flexibility index (Phi) is 5.33. The van der Waals surface area contributed by atoms with Gasteiger partial charge >= 0.3 is 0 Å². The predicted molar refractivity (Wildman–Crippen MR) is 126 cm³/mol. The van der Waals surface area contributed by atoms with Gasteiger partial charge in [-0.25, -0.2) is 0 Å². The van der Waals surface area contributed by atoms with Crippen LogP contribution >= 0.6 is 0 Å². The van der Waals surface area contributed by atoms with Crippen molar-refractivity contribution in [1.82, 2.24) is 5.32 Å². The lowest BCUT2D eigenvalue weighted by Gasteiger charge is -2.27. The molecule has 0 radical (unpaired) electrons. The van der Waals surface area contributed by atoms with E-state index in [1.54, 1.807) is 0 Å². The van der Waals surface area contributed by atoms with Gasteiger partial charge < -0.3 is 10.1 Å². The molecule has 1 aliphatic heterocycles. The molecule has 0 bridgehead atoms. The highest BCUT2D eigenvalue weighted by atomic mass is 16.5. The number of Topliss-reactive ketones (excluding diaryl/α,β-unsaturated/α-hetero) is 1. The lowest BCUT2D eigenvalue weighted by molar-refractivity contribution is 0.103. The van der Waals surface area contributed by atoms with Crippen molar-refractivity contribution in [2.75, 3.05) is 6.61 Å². The Morgan fingerprint density at radius 3 is 2.45 bits per heavy atom. The molecule has 1 fully saturated rings. The van der Waals surface area contributed by atoms with Gasteiger partial charge in [0, 0.05) is 6.04 Å². The summed E-state index contributed by atoms with van der Waals surface area (Å²) >= 11 is 0. The molecule has 0 unspecified atom stereocenters. The molecule has 0 amide bonds. The summed E-state index contributed by atoms with van der Waals surface area (Å²) in [6.07, 6.45) is 5.98. The van der Waals surface area contributed by atoms with Crippen molar-refractivity contribution in [1.29, 1.82) is 0 Å². The molecule has 0 saturated heterocycles. The zero-order valence-electron chi connectivity index (χ0n) is 17.7. The minimum Gasteiger partial charge on any atom is -0.488 e. The minimum atomic E-state index is -0.0172. The minimum absolute atomic E-state index is 0.0172. The molecule has 0 atom stereocenters. The maximum absolute atomic E-state index is 14.1. The Bertz CT molecular complexity index is 1170. The third-order valence-electron chi connectivity index (χ3n) is 6.37. The van der Waals surface area contributed by atoms with Crippen LogP contribution in [0.25, 0.3) is 16.5 Å². The maximum atomic E-state index is 14.1. The number of benzene rings is 3. The third-order valence-corrected chi connectivity index (χ3v) is 6.37. The van der Waals surface area contributed by atoms with E-state index < -0.39 is 0 Å². The van der Waals surface area contributed by atoms with E-state index in [2.05, 4.69) is 24.0 Å². The predicted octanol–water partition coefficient (Wildman–Crippen LogP) is 6.30. The molecule has 0 spiro atoms. The van der Waals surface area contributed by atoms with Crippen molar-refractivity contribution >= 4 is 22.3 Å². The highest BCUT2D eigenvalue weighted by Crippen LogP contribution is 2.37. The van der Waals surface area contributed by atoms with E-state index in [1.165, 1.54) is 19.3 Å². The number of ketones is 1. The van der Waals surface area contributed by atoms with E-state index in [-0.39, 0.29) is 5.78 Å².